The second-order valence-corrected chi connectivity index (χ2v) is 7.19. The third-order valence-electron chi connectivity index (χ3n) is 3.49. The SMILES string of the molecule is CCN1C(C)(C)SCC1(C(=O)O)[N+](C)(C)C. The van der Waals surface area contributed by atoms with Gasteiger partial charge in [-0.05, 0) is 13.8 Å². The van der Waals surface area contributed by atoms with Gasteiger partial charge in [0.15, 0.2) is 0 Å². The van der Waals surface area contributed by atoms with Crippen molar-refractivity contribution in [3.8, 4) is 0 Å². The van der Waals surface area contributed by atoms with Crippen LogP contribution in [0.25, 0.3) is 0 Å². The van der Waals surface area contributed by atoms with Gasteiger partial charge in [0, 0.05) is 6.54 Å². The smallest absolute Gasteiger partial charge is 0.383 e. The molecule has 0 saturated carbocycles. The van der Waals surface area contributed by atoms with E-state index in [0.29, 0.717) is 10.2 Å². The van der Waals surface area contributed by atoms with E-state index < -0.39 is 11.6 Å². The van der Waals surface area contributed by atoms with Crippen molar-refractivity contribution in [3.63, 3.8) is 0 Å². The second-order valence-electron chi connectivity index (χ2n) is 5.61. The van der Waals surface area contributed by atoms with E-state index in [2.05, 4.69) is 18.7 Å². The average molecular weight is 247 g/mol. The summed E-state index contributed by atoms with van der Waals surface area (Å²) >= 11 is 1.72. The predicted octanol–water partition coefficient (Wildman–Crippen LogP) is 1.28. The zero-order valence-electron chi connectivity index (χ0n) is 11.1. The third-order valence-corrected chi connectivity index (χ3v) is 4.97. The van der Waals surface area contributed by atoms with Gasteiger partial charge in [0.05, 0.1) is 31.8 Å². The van der Waals surface area contributed by atoms with Crippen molar-refractivity contribution >= 4 is 17.7 Å². The maximum absolute atomic E-state index is 11.8. The highest BCUT2D eigenvalue weighted by atomic mass is 32.2. The van der Waals surface area contributed by atoms with Crippen LogP contribution in [0, 0.1) is 0 Å². The first-order valence-corrected chi connectivity index (χ1v) is 6.55. The molecule has 1 heterocycles. The molecule has 0 spiro atoms. The van der Waals surface area contributed by atoms with Crippen molar-refractivity contribution in [2.24, 2.45) is 0 Å². The maximum atomic E-state index is 11.8. The van der Waals surface area contributed by atoms with Crippen molar-refractivity contribution in [1.29, 1.82) is 0 Å². The van der Waals surface area contributed by atoms with Crippen LogP contribution in [0.3, 0.4) is 0 Å². The van der Waals surface area contributed by atoms with Crippen LogP contribution in [0.2, 0.25) is 0 Å². The lowest BCUT2D eigenvalue weighted by atomic mass is 10.1. The molecule has 1 fully saturated rings. The lowest BCUT2D eigenvalue weighted by molar-refractivity contribution is -0.924. The molecular weight excluding hydrogens is 224 g/mol. The molecule has 0 aliphatic carbocycles. The molecule has 4 nitrogen and oxygen atoms in total. The van der Waals surface area contributed by atoms with Gasteiger partial charge >= 0.3 is 5.97 Å². The summed E-state index contributed by atoms with van der Waals surface area (Å²) in [6, 6.07) is 0. The number of rotatable bonds is 3. The van der Waals surface area contributed by atoms with E-state index in [1.165, 1.54) is 0 Å². The van der Waals surface area contributed by atoms with E-state index in [-0.39, 0.29) is 4.87 Å². The van der Waals surface area contributed by atoms with Crippen LogP contribution >= 0.6 is 11.8 Å². The quantitative estimate of drug-likeness (QED) is 0.763. The summed E-state index contributed by atoms with van der Waals surface area (Å²) in [6.45, 7) is 6.98. The molecule has 1 aliphatic rings. The monoisotopic (exact) mass is 247 g/mol. The van der Waals surface area contributed by atoms with Gasteiger partial charge in [-0.15, -0.1) is 11.8 Å². The number of carboxylic acid groups (broad SMARTS) is 1. The molecule has 0 bridgehead atoms. The number of hydrogen-bond acceptors (Lipinski definition) is 3. The van der Waals surface area contributed by atoms with E-state index >= 15 is 0 Å². The number of quaternary nitrogens is 1. The van der Waals surface area contributed by atoms with Gasteiger partial charge < -0.3 is 9.59 Å². The molecule has 0 amide bonds. The molecule has 0 radical (unpaired) electrons. The Morgan fingerprint density at radius 2 is 1.94 bits per heavy atom. The Balaban J connectivity index is 3.29. The number of carboxylic acids is 1. The second kappa shape index (κ2) is 3.89. The molecule has 1 unspecified atom stereocenters. The fourth-order valence-electron chi connectivity index (χ4n) is 2.54. The number of carbonyl (C=O) groups is 1. The molecule has 0 aromatic rings. The van der Waals surface area contributed by atoms with E-state index in [0.717, 1.165) is 6.54 Å². The van der Waals surface area contributed by atoms with Gasteiger partial charge in [-0.2, -0.15) is 0 Å². The first kappa shape index (κ1) is 13.8. The largest absolute Gasteiger partial charge is 0.475 e. The van der Waals surface area contributed by atoms with Crippen LogP contribution < -0.4 is 0 Å². The zero-order valence-corrected chi connectivity index (χ0v) is 11.9. The molecule has 1 rings (SSSR count). The number of hydrogen-bond donors (Lipinski definition) is 1. The zero-order chi connectivity index (χ0) is 12.8. The summed E-state index contributed by atoms with van der Waals surface area (Å²) < 4.78 is 0.423. The Morgan fingerprint density at radius 1 is 1.44 bits per heavy atom. The highest BCUT2D eigenvalue weighted by Gasteiger charge is 2.63. The Labute approximate surface area is 102 Å². The number of thioether (sulfide) groups is 1. The van der Waals surface area contributed by atoms with Gasteiger partial charge in [0.1, 0.15) is 0 Å². The average Bonchev–Trinajstić information content (AvgIpc) is 2.36. The number of aliphatic carboxylic acids is 1. The van der Waals surface area contributed by atoms with Crippen molar-refractivity contribution < 1.29 is 14.4 Å². The maximum Gasteiger partial charge on any atom is 0.383 e. The van der Waals surface area contributed by atoms with Gasteiger partial charge in [0.2, 0.25) is 0 Å². The van der Waals surface area contributed by atoms with Crippen molar-refractivity contribution in [3.05, 3.63) is 0 Å². The summed E-state index contributed by atoms with van der Waals surface area (Å²) in [5.74, 6) is -0.0907. The van der Waals surface area contributed by atoms with Crippen LogP contribution in [0.15, 0.2) is 0 Å². The van der Waals surface area contributed by atoms with Crippen molar-refractivity contribution in [2.75, 3.05) is 33.4 Å². The molecule has 94 valence electrons. The normalized spacial score (nSPS) is 30.6. The molecule has 1 atom stereocenters. The first-order valence-electron chi connectivity index (χ1n) is 5.56. The van der Waals surface area contributed by atoms with Gasteiger partial charge in [-0.1, -0.05) is 6.92 Å². The highest BCUT2D eigenvalue weighted by Crippen LogP contribution is 2.47. The van der Waals surface area contributed by atoms with Crippen LogP contribution in [0.5, 0.6) is 0 Å². The van der Waals surface area contributed by atoms with Crippen LogP contribution in [0.1, 0.15) is 20.8 Å². The molecule has 5 heteroatoms. The molecule has 0 aromatic carbocycles. The highest BCUT2D eigenvalue weighted by molar-refractivity contribution is 8.00. The Kier molecular flexibility index (Phi) is 3.36. The molecule has 0 aromatic heterocycles. The Hall–Kier alpha value is -0.260. The third kappa shape index (κ3) is 1.75. The molecule has 1 N–H and O–H groups in total. The molecule has 1 aliphatic heterocycles. The van der Waals surface area contributed by atoms with Crippen LogP contribution in [-0.4, -0.2) is 64.4 Å². The van der Waals surface area contributed by atoms with Gasteiger partial charge in [0.25, 0.3) is 5.66 Å². The van der Waals surface area contributed by atoms with Crippen molar-refractivity contribution in [1.82, 2.24) is 4.90 Å². The van der Waals surface area contributed by atoms with E-state index in [9.17, 15) is 9.90 Å². The molecular formula is C11H23N2O2S+. The molecule has 16 heavy (non-hydrogen) atoms. The molecule has 1 saturated heterocycles. The van der Waals surface area contributed by atoms with E-state index in [4.69, 9.17) is 0 Å². The minimum Gasteiger partial charge on any atom is -0.475 e. The Morgan fingerprint density at radius 3 is 2.19 bits per heavy atom. The fourth-order valence-corrected chi connectivity index (χ4v) is 4.20. The van der Waals surface area contributed by atoms with Crippen molar-refractivity contribution in [2.45, 2.75) is 31.3 Å². The number of nitrogens with zero attached hydrogens (tertiary/aromatic N) is 2. The van der Waals surface area contributed by atoms with Gasteiger partial charge in [-0.3, -0.25) is 0 Å². The topological polar surface area (TPSA) is 40.5 Å². The van der Waals surface area contributed by atoms with E-state index in [1.54, 1.807) is 11.8 Å². The lowest BCUT2D eigenvalue weighted by Crippen LogP contribution is -2.72. The van der Waals surface area contributed by atoms with E-state index in [1.807, 2.05) is 28.1 Å². The minimum atomic E-state index is -0.817. The Bertz CT molecular complexity index is 299. The fraction of sp³-hybridized carbons (Fsp3) is 0.909. The predicted molar refractivity (Wildman–Crippen MR) is 67.3 cm³/mol. The summed E-state index contributed by atoms with van der Waals surface area (Å²) in [5.41, 5.74) is -0.817. The summed E-state index contributed by atoms with van der Waals surface area (Å²) in [6.07, 6.45) is 0. The van der Waals surface area contributed by atoms with Crippen LogP contribution in [-0.2, 0) is 4.79 Å². The summed E-state index contributed by atoms with van der Waals surface area (Å²) in [7, 11) is 5.87. The lowest BCUT2D eigenvalue weighted by Gasteiger charge is -2.47. The van der Waals surface area contributed by atoms with Crippen LogP contribution in [0.4, 0.5) is 0 Å². The first-order chi connectivity index (χ1) is 7.09. The minimum absolute atomic E-state index is 0.112. The van der Waals surface area contributed by atoms with Gasteiger partial charge in [-0.25, -0.2) is 9.69 Å². The standard InChI is InChI=1S/C11H22N2O2S/c1-7-12-10(2,3)16-8-11(12,9(14)15)13(4,5)6/h7-8H2,1-6H3/p+1. The summed E-state index contributed by atoms with van der Waals surface area (Å²) in [5, 5.41) is 9.66. The number of likely N-dealkylation sites (N-methyl/N-ethyl adjacent to an activating group) is 2. The summed E-state index contributed by atoms with van der Waals surface area (Å²) in [4.78, 5) is 13.7.